The van der Waals surface area contributed by atoms with Crippen molar-refractivity contribution in [2.45, 2.75) is 18.8 Å². The molecule has 1 aromatic carbocycles. The normalized spacial score (nSPS) is 13.9. The molecule has 0 amide bonds. The van der Waals surface area contributed by atoms with Crippen LogP contribution in [-0.4, -0.2) is 13.4 Å². The fourth-order valence-corrected chi connectivity index (χ4v) is 2.48. The third kappa shape index (κ3) is 2.29. The first kappa shape index (κ1) is 13.2. The molecule has 0 N–H and O–H groups in total. The Morgan fingerprint density at radius 3 is 2.38 bits per heavy atom. The monoisotopic (exact) mass is 330 g/mol. The molecule has 0 heterocycles. The second-order valence-electron chi connectivity index (χ2n) is 3.58. The molecule has 1 atom stereocenters. The maximum absolute atomic E-state index is 11.4. The first-order chi connectivity index (χ1) is 7.60. The van der Waals surface area contributed by atoms with Crippen molar-refractivity contribution in [1.29, 1.82) is 0 Å². The number of carbonyl (C=O) groups excluding carboxylic acids is 1. The molecule has 1 unspecified atom stereocenters. The summed E-state index contributed by atoms with van der Waals surface area (Å²) in [6.07, 6.45) is 1.69. The van der Waals surface area contributed by atoms with E-state index in [0.717, 1.165) is 21.2 Å². The molecule has 0 spiro atoms. The summed E-state index contributed by atoms with van der Waals surface area (Å²) in [5, 5.41) is 0. The summed E-state index contributed by atoms with van der Waals surface area (Å²) in [5.74, 6) is 0.790. The minimum Gasteiger partial charge on any atom is -0.497 e. The maximum Gasteiger partial charge on any atom is 0.135 e. The molecule has 1 rings (SSSR count). The Balaban J connectivity index is 3.21. The Morgan fingerprint density at radius 2 is 2.06 bits per heavy atom. The van der Waals surface area contributed by atoms with E-state index >= 15 is 0 Å². The van der Waals surface area contributed by atoms with Gasteiger partial charge in [0.25, 0.3) is 0 Å². The SMILES string of the molecule is C=C(I)C(C=O)(CC)c1ccc(OC)cc1. The van der Waals surface area contributed by atoms with Crippen molar-refractivity contribution in [2.24, 2.45) is 0 Å². The molecule has 0 aromatic heterocycles. The fourth-order valence-electron chi connectivity index (χ4n) is 1.66. The van der Waals surface area contributed by atoms with E-state index < -0.39 is 5.41 Å². The van der Waals surface area contributed by atoms with Crippen molar-refractivity contribution in [3.05, 3.63) is 40.0 Å². The highest BCUT2D eigenvalue weighted by molar-refractivity contribution is 14.1. The van der Waals surface area contributed by atoms with Crippen molar-refractivity contribution < 1.29 is 9.53 Å². The molecule has 0 aliphatic heterocycles. The van der Waals surface area contributed by atoms with E-state index in [1.54, 1.807) is 7.11 Å². The minimum absolute atomic E-state index is 0.577. The third-order valence-corrected chi connectivity index (χ3v) is 3.81. The van der Waals surface area contributed by atoms with Gasteiger partial charge in [0, 0.05) is 3.58 Å². The zero-order valence-corrected chi connectivity index (χ0v) is 11.7. The Morgan fingerprint density at radius 1 is 1.50 bits per heavy atom. The summed E-state index contributed by atoms with van der Waals surface area (Å²) in [6.45, 7) is 5.90. The van der Waals surface area contributed by atoms with Gasteiger partial charge in [0.05, 0.1) is 12.5 Å². The highest BCUT2D eigenvalue weighted by Gasteiger charge is 2.31. The number of carbonyl (C=O) groups is 1. The van der Waals surface area contributed by atoms with Gasteiger partial charge in [-0.05, 0) is 46.7 Å². The van der Waals surface area contributed by atoms with Crippen LogP contribution in [0.25, 0.3) is 0 Å². The number of hydrogen-bond donors (Lipinski definition) is 0. The van der Waals surface area contributed by atoms with E-state index in [0.29, 0.717) is 6.42 Å². The molecule has 0 aliphatic rings. The lowest BCUT2D eigenvalue weighted by molar-refractivity contribution is -0.111. The second kappa shape index (κ2) is 5.48. The van der Waals surface area contributed by atoms with Crippen LogP contribution in [0.15, 0.2) is 34.4 Å². The van der Waals surface area contributed by atoms with Crippen LogP contribution < -0.4 is 4.74 Å². The first-order valence-corrected chi connectivity index (χ1v) is 6.14. The van der Waals surface area contributed by atoms with Crippen LogP contribution in [-0.2, 0) is 10.2 Å². The van der Waals surface area contributed by atoms with Gasteiger partial charge >= 0.3 is 0 Å². The molecule has 0 saturated heterocycles. The van der Waals surface area contributed by atoms with Crippen LogP contribution in [0.1, 0.15) is 18.9 Å². The molecule has 0 saturated carbocycles. The molecule has 0 aliphatic carbocycles. The number of benzene rings is 1. The van der Waals surface area contributed by atoms with Gasteiger partial charge < -0.3 is 9.53 Å². The zero-order chi connectivity index (χ0) is 12.2. The minimum atomic E-state index is -0.577. The lowest BCUT2D eigenvalue weighted by Gasteiger charge is -2.26. The standard InChI is InChI=1S/C13H15IO2/c1-4-13(9-15,10(2)14)11-5-7-12(16-3)8-6-11/h5-9H,2,4H2,1,3H3. The van der Waals surface area contributed by atoms with E-state index in [1.807, 2.05) is 31.2 Å². The van der Waals surface area contributed by atoms with Gasteiger partial charge in [0.15, 0.2) is 0 Å². The summed E-state index contributed by atoms with van der Waals surface area (Å²) in [7, 11) is 1.62. The summed E-state index contributed by atoms with van der Waals surface area (Å²) in [6, 6.07) is 7.56. The summed E-state index contributed by atoms with van der Waals surface area (Å²) < 4.78 is 5.94. The number of hydrogen-bond acceptors (Lipinski definition) is 2. The Hall–Kier alpha value is -0.840. The van der Waals surface area contributed by atoms with E-state index in [2.05, 4.69) is 29.2 Å². The van der Waals surface area contributed by atoms with Crippen molar-refractivity contribution in [3.8, 4) is 5.75 Å². The Kier molecular flexibility index (Phi) is 4.53. The lowest BCUT2D eigenvalue weighted by Crippen LogP contribution is -2.27. The molecule has 1 aromatic rings. The van der Waals surface area contributed by atoms with Crippen LogP contribution in [0, 0.1) is 0 Å². The maximum atomic E-state index is 11.4. The lowest BCUT2D eigenvalue weighted by atomic mass is 9.80. The predicted octanol–water partition coefficient (Wildman–Crippen LogP) is 3.49. The highest BCUT2D eigenvalue weighted by Crippen LogP contribution is 2.37. The first-order valence-electron chi connectivity index (χ1n) is 5.06. The molecule has 86 valence electrons. The van der Waals surface area contributed by atoms with Crippen LogP contribution in [0.2, 0.25) is 0 Å². The number of halogens is 1. The number of methoxy groups -OCH3 is 1. The van der Waals surface area contributed by atoms with Gasteiger partial charge in [-0.3, -0.25) is 0 Å². The largest absolute Gasteiger partial charge is 0.497 e. The molecule has 0 fully saturated rings. The topological polar surface area (TPSA) is 26.3 Å². The highest BCUT2D eigenvalue weighted by atomic mass is 127. The van der Waals surface area contributed by atoms with Gasteiger partial charge in [0.1, 0.15) is 12.0 Å². The second-order valence-corrected chi connectivity index (χ2v) is 4.88. The van der Waals surface area contributed by atoms with E-state index in [4.69, 9.17) is 4.74 Å². The van der Waals surface area contributed by atoms with Gasteiger partial charge in [-0.25, -0.2) is 0 Å². The molecular weight excluding hydrogens is 315 g/mol. The summed E-state index contributed by atoms with van der Waals surface area (Å²) >= 11 is 2.12. The molecule has 0 bridgehead atoms. The van der Waals surface area contributed by atoms with Crippen molar-refractivity contribution >= 4 is 28.9 Å². The summed E-state index contributed by atoms with van der Waals surface area (Å²) in [4.78, 5) is 11.4. The average Bonchev–Trinajstić information content (AvgIpc) is 2.32. The van der Waals surface area contributed by atoms with E-state index in [1.165, 1.54) is 0 Å². The number of aldehydes is 1. The molecule has 2 nitrogen and oxygen atoms in total. The Labute approximate surface area is 110 Å². The van der Waals surface area contributed by atoms with Crippen LogP contribution >= 0.6 is 22.6 Å². The van der Waals surface area contributed by atoms with Gasteiger partial charge in [-0.1, -0.05) is 25.6 Å². The molecule has 3 heteroatoms. The molecule has 16 heavy (non-hydrogen) atoms. The summed E-state index contributed by atoms with van der Waals surface area (Å²) in [5.41, 5.74) is 0.387. The van der Waals surface area contributed by atoms with Crippen LogP contribution in [0.4, 0.5) is 0 Å². The number of ether oxygens (including phenoxy) is 1. The van der Waals surface area contributed by atoms with Gasteiger partial charge in [-0.15, -0.1) is 0 Å². The fraction of sp³-hybridized carbons (Fsp3) is 0.308. The van der Waals surface area contributed by atoms with Crippen LogP contribution in [0.3, 0.4) is 0 Å². The molecule has 0 radical (unpaired) electrons. The number of rotatable bonds is 5. The van der Waals surface area contributed by atoms with Crippen molar-refractivity contribution in [1.82, 2.24) is 0 Å². The van der Waals surface area contributed by atoms with Gasteiger partial charge in [0.2, 0.25) is 0 Å². The molecular formula is C13H15IO2. The van der Waals surface area contributed by atoms with E-state index in [-0.39, 0.29) is 0 Å². The smallest absolute Gasteiger partial charge is 0.135 e. The number of allylic oxidation sites excluding steroid dienone is 1. The van der Waals surface area contributed by atoms with Crippen LogP contribution in [0.5, 0.6) is 5.75 Å². The van der Waals surface area contributed by atoms with Gasteiger partial charge in [-0.2, -0.15) is 0 Å². The Bertz CT molecular complexity index is 383. The predicted molar refractivity (Wildman–Crippen MR) is 74.2 cm³/mol. The average molecular weight is 330 g/mol. The van der Waals surface area contributed by atoms with Crippen molar-refractivity contribution in [2.75, 3.05) is 7.11 Å². The quantitative estimate of drug-likeness (QED) is 0.610. The van der Waals surface area contributed by atoms with E-state index in [9.17, 15) is 4.79 Å². The zero-order valence-electron chi connectivity index (χ0n) is 9.50. The van der Waals surface area contributed by atoms with Crippen molar-refractivity contribution in [3.63, 3.8) is 0 Å². The third-order valence-electron chi connectivity index (χ3n) is 2.85.